The summed E-state index contributed by atoms with van der Waals surface area (Å²) in [4.78, 5) is 14.2. The van der Waals surface area contributed by atoms with Gasteiger partial charge in [0.1, 0.15) is 5.54 Å². The summed E-state index contributed by atoms with van der Waals surface area (Å²) in [6.45, 7) is 9.22. The Kier molecular flexibility index (Phi) is 6.80. The smallest absolute Gasteiger partial charge is 0.238 e. The highest BCUT2D eigenvalue weighted by atomic mass is 16.1. The summed E-state index contributed by atoms with van der Waals surface area (Å²) in [7, 11) is 0. The van der Waals surface area contributed by atoms with E-state index in [0.29, 0.717) is 6.04 Å². The molecule has 112 valence electrons. The number of unbranched alkanes of at least 4 members (excludes halogenated alkanes) is 2. The Hall–Kier alpha value is -0.610. The molecule has 0 radical (unpaired) electrons. The van der Waals surface area contributed by atoms with Gasteiger partial charge in [-0.05, 0) is 45.7 Å². The molecule has 0 aromatic rings. The SMILES string of the molecule is CCCCN(CCCC)CC(C)(NC1CC1)C(N)=O. The summed E-state index contributed by atoms with van der Waals surface area (Å²) in [6.07, 6.45) is 7.08. The molecule has 0 spiro atoms. The number of nitrogens with one attached hydrogen (secondary N) is 1. The van der Waals surface area contributed by atoms with Crippen LogP contribution in [0.15, 0.2) is 0 Å². The zero-order valence-corrected chi connectivity index (χ0v) is 12.9. The Morgan fingerprint density at radius 1 is 1.26 bits per heavy atom. The first kappa shape index (κ1) is 16.4. The van der Waals surface area contributed by atoms with Crippen LogP contribution < -0.4 is 11.1 Å². The standard InChI is InChI=1S/C15H31N3O/c1-4-6-10-18(11-7-5-2)12-15(3,14(16)19)17-13-8-9-13/h13,17H,4-12H2,1-3H3,(H2,16,19). The zero-order chi connectivity index (χ0) is 14.3. The zero-order valence-electron chi connectivity index (χ0n) is 12.9. The van der Waals surface area contributed by atoms with Gasteiger partial charge < -0.3 is 10.6 Å². The molecule has 1 amide bonds. The van der Waals surface area contributed by atoms with E-state index in [9.17, 15) is 4.79 Å². The molecule has 1 aliphatic carbocycles. The van der Waals surface area contributed by atoms with E-state index < -0.39 is 5.54 Å². The molecule has 3 N–H and O–H groups in total. The second-order valence-corrected chi connectivity index (χ2v) is 6.10. The van der Waals surface area contributed by atoms with Gasteiger partial charge in [-0.15, -0.1) is 0 Å². The number of amides is 1. The lowest BCUT2D eigenvalue weighted by atomic mass is 10.00. The first-order valence-corrected chi connectivity index (χ1v) is 7.81. The molecule has 0 aromatic heterocycles. The minimum absolute atomic E-state index is 0.225. The van der Waals surface area contributed by atoms with Crippen molar-refractivity contribution in [3.05, 3.63) is 0 Å². The number of hydrogen-bond donors (Lipinski definition) is 2. The van der Waals surface area contributed by atoms with Gasteiger partial charge in [0.2, 0.25) is 5.91 Å². The highest BCUT2D eigenvalue weighted by Gasteiger charge is 2.38. The van der Waals surface area contributed by atoms with Crippen LogP contribution in [0.5, 0.6) is 0 Å². The van der Waals surface area contributed by atoms with Gasteiger partial charge in [0.05, 0.1) is 0 Å². The Bertz CT molecular complexity index is 271. The van der Waals surface area contributed by atoms with E-state index in [1.165, 1.54) is 38.5 Å². The number of primary amides is 1. The Morgan fingerprint density at radius 3 is 2.16 bits per heavy atom. The van der Waals surface area contributed by atoms with Crippen molar-refractivity contribution in [3.8, 4) is 0 Å². The maximum Gasteiger partial charge on any atom is 0.238 e. The Labute approximate surface area is 118 Å². The highest BCUT2D eigenvalue weighted by Crippen LogP contribution is 2.23. The summed E-state index contributed by atoms with van der Waals surface area (Å²) in [5.41, 5.74) is 5.04. The van der Waals surface area contributed by atoms with Gasteiger partial charge in [-0.2, -0.15) is 0 Å². The van der Waals surface area contributed by atoms with E-state index in [0.717, 1.165) is 19.6 Å². The molecule has 0 heterocycles. The van der Waals surface area contributed by atoms with Gasteiger partial charge in [-0.1, -0.05) is 26.7 Å². The van der Waals surface area contributed by atoms with Crippen LogP contribution in [-0.4, -0.2) is 42.0 Å². The van der Waals surface area contributed by atoms with E-state index >= 15 is 0 Å². The van der Waals surface area contributed by atoms with E-state index in [1.807, 2.05) is 6.92 Å². The molecule has 1 rings (SSSR count). The molecule has 0 saturated heterocycles. The summed E-state index contributed by atoms with van der Waals surface area (Å²) < 4.78 is 0. The van der Waals surface area contributed by atoms with E-state index in [-0.39, 0.29) is 5.91 Å². The summed E-state index contributed by atoms with van der Waals surface area (Å²) in [6, 6.07) is 0.497. The van der Waals surface area contributed by atoms with E-state index in [1.54, 1.807) is 0 Å². The van der Waals surface area contributed by atoms with Crippen LogP contribution in [0.4, 0.5) is 0 Å². The fourth-order valence-electron chi connectivity index (χ4n) is 2.35. The highest BCUT2D eigenvalue weighted by molar-refractivity contribution is 5.84. The second kappa shape index (κ2) is 7.85. The van der Waals surface area contributed by atoms with Crippen molar-refractivity contribution in [2.75, 3.05) is 19.6 Å². The van der Waals surface area contributed by atoms with Gasteiger partial charge in [-0.25, -0.2) is 0 Å². The fraction of sp³-hybridized carbons (Fsp3) is 0.933. The maximum absolute atomic E-state index is 11.8. The van der Waals surface area contributed by atoms with Crippen LogP contribution in [0.1, 0.15) is 59.3 Å². The Morgan fingerprint density at radius 2 is 1.79 bits per heavy atom. The number of nitrogens with two attached hydrogens (primary N) is 1. The monoisotopic (exact) mass is 269 g/mol. The first-order valence-electron chi connectivity index (χ1n) is 7.81. The lowest BCUT2D eigenvalue weighted by Crippen LogP contribution is -2.60. The summed E-state index contributed by atoms with van der Waals surface area (Å²) in [5, 5.41) is 3.43. The second-order valence-electron chi connectivity index (χ2n) is 6.10. The fourth-order valence-corrected chi connectivity index (χ4v) is 2.35. The van der Waals surface area contributed by atoms with E-state index in [2.05, 4.69) is 24.1 Å². The topological polar surface area (TPSA) is 58.4 Å². The number of hydrogen-bond acceptors (Lipinski definition) is 3. The van der Waals surface area contributed by atoms with Crippen molar-refractivity contribution in [1.82, 2.24) is 10.2 Å². The molecule has 1 atom stereocenters. The van der Waals surface area contributed by atoms with Crippen molar-refractivity contribution >= 4 is 5.91 Å². The first-order chi connectivity index (χ1) is 9.01. The predicted molar refractivity (Wildman–Crippen MR) is 80.0 cm³/mol. The molecule has 19 heavy (non-hydrogen) atoms. The number of carbonyl (C=O) groups is 1. The molecule has 1 unspecified atom stereocenters. The molecule has 1 aliphatic rings. The van der Waals surface area contributed by atoms with Crippen LogP contribution in [0.2, 0.25) is 0 Å². The van der Waals surface area contributed by atoms with Crippen molar-refractivity contribution in [3.63, 3.8) is 0 Å². The predicted octanol–water partition coefficient (Wildman–Crippen LogP) is 1.88. The molecule has 0 aliphatic heterocycles. The number of carbonyl (C=O) groups excluding carboxylic acids is 1. The van der Waals surface area contributed by atoms with Crippen molar-refractivity contribution in [2.24, 2.45) is 5.73 Å². The molecule has 1 saturated carbocycles. The average molecular weight is 269 g/mol. The lowest BCUT2D eigenvalue weighted by molar-refractivity contribution is -0.124. The third kappa shape index (κ3) is 5.91. The number of rotatable bonds is 11. The van der Waals surface area contributed by atoms with Gasteiger partial charge in [0, 0.05) is 12.6 Å². The van der Waals surface area contributed by atoms with Crippen LogP contribution in [-0.2, 0) is 4.79 Å². The molecular weight excluding hydrogens is 238 g/mol. The molecule has 4 nitrogen and oxygen atoms in total. The maximum atomic E-state index is 11.8. The van der Waals surface area contributed by atoms with E-state index in [4.69, 9.17) is 5.73 Å². The molecule has 0 bridgehead atoms. The van der Waals surface area contributed by atoms with Gasteiger partial charge in [0.15, 0.2) is 0 Å². The largest absolute Gasteiger partial charge is 0.368 e. The summed E-state index contributed by atoms with van der Waals surface area (Å²) >= 11 is 0. The average Bonchev–Trinajstić information content (AvgIpc) is 3.16. The molecule has 1 fully saturated rings. The van der Waals surface area contributed by atoms with Gasteiger partial charge >= 0.3 is 0 Å². The Balaban J connectivity index is 2.56. The van der Waals surface area contributed by atoms with Crippen molar-refractivity contribution in [1.29, 1.82) is 0 Å². The van der Waals surface area contributed by atoms with Gasteiger partial charge in [-0.3, -0.25) is 10.1 Å². The third-order valence-electron chi connectivity index (χ3n) is 3.84. The minimum atomic E-state index is -0.581. The number of nitrogens with zero attached hydrogens (tertiary/aromatic N) is 1. The third-order valence-corrected chi connectivity index (χ3v) is 3.84. The molecule has 0 aromatic carbocycles. The molecule has 4 heteroatoms. The molecular formula is C15H31N3O. The van der Waals surface area contributed by atoms with Crippen LogP contribution >= 0.6 is 0 Å². The quantitative estimate of drug-likeness (QED) is 0.602. The summed E-state index contributed by atoms with van der Waals surface area (Å²) in [5.74, 6) is -0.225. The lowest BCUT2D eigenvalue weighted by Gasteiger charge is -2.34. The van der Waals surface area contributed by atoms with Crippen molar-refractivity contribution in [2.45, 2.75) is 70.9 Å². The van der Waals surface area contributed by atoms with Crippen LogP contribution in [0.3, 0.4) is 0 Å². The minimum Gasteiger partial charge on any atom is -0.368 e. The van der Waals surface area contributed by atoms with Gasteiger partial charge in [0.25, 0.3) is 0 Å². The normalized spacial score (nSPS) is 18.5. The van der Waals surface area contributed by atoms with Crippen LogP contribution in [0, 0.1) is 0 Å². The van der Waals surface area contributed by atoms with Crippen molar-refractivity contribution < 1.29 is 4.79 Å². The van der Waals surface area contributed by atoms with Crippen LogP contribution in [0.25, 0.3) is 0 Å².